The Morgan fingerprint density at radius 1 is 1.28 bits per heavy atom. The molecule has 92 valence electrons. The fourth-order valence-corrected chi connectivity index (χ4v) is 1.34. The summed E-state index contributed by atoms with van der Waals surface area (Å²) in [5.74, 6) is -4.47. The Morgan fingerprint density at radius 3 is 2.72 bits per heavy atom. The van der Waals surface area contributed by atoms with E-state index in [0.29, 0.717) is 0 Å². The molecule has 0 amide bonds. The van der Waals surface area contributed by atoms with Crippen LogP contribution in [0.3, 0.4) is 0 Å². The molecule has 1 aromatic rings. The van der Waals surface area contributed by atoms with Crippen LogP contribution in [-0.2, 0) is 4.79 Å². The molecule has 1 aliphatic carbocycles. The number of aromatic hydroxyl groups is 2. The highest BCUT2D eigenvalue weighted by Gasteiger charge is 2.18. The summed E-state index contributed by atoms with van der Waals surface area (Å²) >= 11 is 0. The number of allylic oxidation sites excluding steroid dienone is 4. The first kappa shape index (κ1) is 7.60. The van der Waals surface area contributed by atoms with Gasteiger partial charge in [0.05, 0.1) is 16.6 Å². The van der Waals surface area contributed by atoms with Gasteiger partial charge in [-0.05, 0) is 24.2 Å². The van der Waals surface area contributed by atoms with Crippen molar-refractivity contribution in [2.24, 2.45) is 0 Å². The van der Waals surface area contributed by atoms with Crippen LogP contribution < -0.4 is 0 Å². The van der Waals surface area contributed by atoms with Crippen LogP contribution in [0, 0.1) is 0 Å². The van der Waals surface area contributed by atoms with Crippen LogP contribution in [0.5, 0.6) is 11.5 Å². The van der Waals surface area contributed by atoms with Gasteiger partial charge in [-0.1, -0.05) is 0 Å². The van der Waals surface area contributed by atoms with Gasteiger partial charge in [0.15, 0.2) is 5.78 Å². The molecule has 18 heavy (non-hydrogen) atoms. The van der Waals surface area contributed by atoms with Crippen LogP contribution in [-0.4, -0.2) is 26.2 Å². The highest BCUT2D eigenvalue weighted by Crippen LogP contribution is 2.30. The number of hydrogen-bond donors (Lipinski definition) is 4. The molecule has 1 aliphatic rings. The quantitative estimate of drug-likeness (QED) is 0.451. The maximum atomic E-state index is 11.9. The lowest BCUT2D eigenvalue weighted by Gasteiger charge is -2.09. The predicted octanol–water partition coefficient (Wildman–Crippen LogP) is 1.95. The van der Waals surface area contributed by atoms with E-state index in [1.165, 1.54) is 0 Å². The van der Waals surface area contributed by atoms with E-state index in [0.717, 1.165) is 12.1 Å². The zero-order valence-electron chi connectivity index (χ0n) is 12.9. The Morgan fingerprint density at radius 2 is 2.00 bits per heavy atom. The number of carbonyl (C=O) groups is 1. The highest BCUT2D eigenvalue weighted by atomic mass is 16.3. The molecule has 0 atom stereocenters. The van der Waals surface area contributed by atoms with Crippen molar-refractivity contribution >= 4 is 11.5 Å². The van der Waals surface area contributed by atoms with E-state index in [4.69, 9.17) is 5.48 Å². The Kier molecular flexibility index (Phi) is 1.81. The van der Waals surface area contributed by atoms with Crippen molar-refractivity contribution in [2.75, 3.05) is 0 Å². The largest absolute Gasteiger partial charge is 0.508 e. The predicted molar refractivity (Wildman–Crippen MR) is 64.2 cm³/mol. The van der Waals surface area contributed by atoms with Crippen molar-refractivity contribution in [3.05, 3.63) is 53.2 Å². The normalized spacial score (nSPS) is 21.8. The van der Waals surface area contributed by atoms with Gasteiger partial charge in [0.1, 0.15) is 23.0 Å². The average Bonchev–Trinajstić information content (AvgIpc) is 2.49. The molecule has 0 bridgehead atoms. The van der Waals surface area contributed by atoms with Crippen LogP contribution in [0.4, 0.5) is 0 Å². The topological polar surface area (TPSA) is 98.0 Å². The summed E-state index contributed by atoms with van der Waals surface area (Å²) in [6.45, 7) is 0. The number of carbonyl (C=O) groups excluding carboxylic acids is 1. The number of rotatable bonds is 1. The molecule has 0 saturated carbocycles. The molecule has 5 heteroatoms. The van der Waals surface area contributed by atoms with Crippen LogP contribution in [0.15, 0.2) is 47.7 Å². The number of aliphatic hydroxyl groups is 2. The SMILES string of the molecule is [2H]C1=CC(=C(O)c2cc([2H])c(O)c([2H])c2O)C(=O)C([2H])=C1O. The standard InChI is InChI=1S/C13H10O5/c14-7-1-3-9(11(16)5-7)13(18)10-4-2-8(15)6-12(10)17/h1-6,14-16,18H/i1D,2D,5D,6D. The van der Waals surface area contributed by atoms with Gasteiger partial charge < -0.3 is 20.4 Å². The Labute approximate surface area is 108 Å². The number of ketones is 1. The van der Waals surface area contributed by atoms with Crippen LogP contribution in [0.1, 0.15) is 11.0 Å². The molecule has 0 unspecified atom stereocenters. The van der Waals surface area contributed by atoms with Crippen LogP contribution in [0.25, 0.3) is 5.76 Å². The van der Waals surface area contributed by atoms with E-state index >= 15 is 0 Å². The Bertz CT molecular complexity index is 792. The molecule has 5 nitrogen and oxygen atoms in total. The monoisotopic (exact) mass is 250 g/mol. The second kappa shape index (κ2) is 4.29. The van der Waals surface area contributed by atoms with Crippen LogP contribution in [0.2, 0.25) is 0 Å². The van der Waals surface area contributed by atoms with E-state index in [1.807, 2.05) is 0 Å². The van der Waals surface area contributed by atoms with Gasteiger partial charge in [0, 0.05) is 12.1 Å². The zero-order valence-corrected chi connectivity index (χ0v) is 8.85. The summed E-state index contributed by atoms with van der Waals surface area (Å²) in [4.78, 5) is 11.9. The van der Waals surface area contributed by atoms with E-state index < -0.39 is 64.1 Å². The molecular formula is C13H10O5. The minimum atomic E-state index is -1.09. The summed E-state index contributed by atoms with van der Waals surface area (Å²) in [6.07, 6.45) is 0.796. The maximum Gasteiger partial charge on any atom is 0.193 e. The van der Waals surface area contributed by atoms with Crippen molar-refractivity contribution < 1.29 is 30.7 Å². The van der Waals surface area contributed by atoms with Crippen molar-refractivity contribution in [3.63, 3.8) is 0 Å². The third-order valence-electron chi connectivity index (χ3n) is 2.19. The summed E-state index contributed by atoms with van der Waals surface area (Å²) < 4.78 is 29.6. The number of phenolic OH excluding ortho intramolecular Hbond substituents is 2. The minimum Gasteiger partial charge on any atom is -0.508 e. The van der Waals surface area contributed by atoms with Gasteiger partial charge in [0.25, 0.3) is 0 Å². The van der Waals surface area contributed by atoms with E-state index in [2.05, 4.69) is 0 Å². The molecule has 0 spiro atoms. The molecule has 2 rings (SSSR count). The van der Waals surface area contributed by atoms with Crippen molar-refractivity contribution in [2.45, 2.75) is 0 Å². The van der Waals surface area contributed by atoms with Crippen molar-refractivity contribution in [3.8, 4) is 11.5 Å². The molecular weight excluding hydrogens is 236 g/mol. The third-order valence-corrected chi connectivity index (χ3v) is 2.19. The molecule has 1 aromatic carbocycles. The molecule has 0 heterocycles. The van der Waals surface area contributed by atoms with E-state index in [9.17, 15) is 25.2 Å². The third kappa shape index (κ3) is 2.06. The number of phenols is 2. The molecule has 0 fully saturated rings. The second-order valence-electron chi connectivity index (χ2n) is 3.38. The van der Waals surface area contributed by atoms with Gasteiger partial charge in [0.2, 0.25) is 0 Å². The van der Waals surface area contributed by atoms with Gasteiger partial charge in [-0.2, -0.15) is 0 Å². The second-order valence-corrected chi connectivity index (χ2v) is 3.38. The lowest BCUT2D eigenvalue weighted by Crippen LogP contribution is -2.05. The van der Waals surface area contributed by atoms with Gasteiger partial charge in [-0.25, -0.2) is 0 Å². The van der Waals surface area contributed by atoms with Gasteiger partial charge in [-0.3, -0.25) is 4.79 Å². The fourth-order valence-electron chi connectivity index (χ4n) is 1.34. The molecule has 4 N–H and O–H groups in total. The van der Waals surface area contributed by atoms with Gasteiger partial charge in [-0.15, -0.1) is 0 Å². The number of aliphatic hydroxyl groups excluding tert-OH is 2. The number of benzene rings is 1. The fraction of sp³-hybridized carbons (Fsp3) is 0. The van der Waals surface area contributed by atoms with Crippen LogP contribution >= 0.6 is 0 Å². The Hall–Kier alpha value is -2.69. The van der Waals surface area contributed by atoms with Crippen molar-refractivity contribution in [1.82, 2.24) is 0 Å². The lowest BCUT2D eigenvalue weighted by molar-refractivity contribution is -0.111. The molecule has 0 saturated heterocycles. The smallest absolute Gasteiger partial charge is 0.193 e. The maximum absolute atomic E-state index is 11.9. The molecule has 0 radical (unpaired) electrons. The number of hydrogen-bond acceptors (Lipinski definition) is 5. The van der Waals surface area contributed by atoms with E-state index in [1.54, 1.807) is 0 Å². The summed E-state index contributed by atoms with van der Waals surface area (Å²) in [5.41, 5.74) is -1.03. The zero-order chi connectivity index (χ0) is 16.8. The molecule has 0 aliphatic heterocycles. The summed E-state index contributed by atoms with van der Waals surface area (Å²) in [6, 6.07) is -2.02. The van der Waals surface area contributed by atoms with Gasteiger partial charge >= 0.3 is 0 Å². The summed E-state index contributed by atoms with van der Waals surface area (Å²) in [7, 11) is 0. The first-order valence-corrected chi connectivity index (χ1v) is 4.75. The van der Waals surface area contributed by atoms with E-state index in [-0.39, 0.29) is 0 Å². The summed E-state index contributed by atoms with van der Waals surface area (Å²) in [5, 5.41) is 38.6. The Balaban J connectivity index is 2.72. The first-order chi connectivity index (χ1) is 10.2. The minimum absolute atomic E-state index is 0.477. The molecule has 0 aromatic heterocycles. The first-order valence-electron chi connectivity index (χ1n) is 6.75. The lowest BCUT2D eigenvalue weighted by atomic mass is 10.00. The highest BCUT2D eigenvalue weighted by molar-refractivity contribution is 6.12. The van der Waals surface area contributed by atoms with Crippen molar-refractivity contribution in [1.29, 1.82) is 0 Å². The average molecular weight is 250 g/mol.